The zero-order valence-electron chi connectivity index (χ0n) is 26.4. The van der Waals surface area contributed by atoms with Crippen LogP contribution in [-0.2, 0) is 15.3 Å². The van der Waals surface area contributed by atoms with E-state index in [2.05, 4.69) is 48.3 Å². The summed E-state index contributed by atoms with van der Waals surface area (Å²) < 4.78 is 18.0. The number of fused-ring (bicyclic) bond motifs is 2. The van der Waals surface area contributed by atoms with E-state index >= 15 is 0 Å². The van der Waals surface area contributed by atoms with Crippen LogP contribution in [0.5, 0.6) is 17.2 Å². The van der Waals surface area contributed by atoms with Crippen LogP contribution in [0.15, 0.2) is 94.8 Å². The Bertz CT molecular complexity index is 2040. The standard InChI is InChI=1S/C37H33N3O6S2/c1-22(2)15-16-44-27-11-6-9-24(19-27)32-31(33(41)25-13-14-29-30(20-25)46-18-17-45-29)34(42)35(43)40(32)36-38-39-37(48-36)47-21-26-10-5-8-23-7-3-4-12-28(23)26/h3-14,19-20,22,32,41H,15-18,21H2,1-2H3/b33-31+/t32-/m1/s1. The Morgan fingerprint density at radius 2 is 1.77 bits per heavy atom. The maximum atomic E-state index is 13.8. The number of amides is 1. The third-order valence-electron chi connectivity index (χ3n) is 8.23. The fourth-order valence-electron chi connectivity index (χ4n) is 5.79. The summed E-state index contributed by atoms with van der Waals surface area (Å²) in [5, 5.41) is 23.0. The number of rotatable bonds is 10. The Morgan fingerprint density at radius 1 is 0.979 bits per heavy atom. The van der Waals surface area contributed by atoms with Gasteiger partial charge in [-0.05, 0) is 64.6 Å². The van der Waals surface area contributed by atoms with Crippen molar-refractivity contribution in [1.29, 1.82) is 0 Å². The molecule has 1 aromatic heterocycles. The van der Waals surface area contributed by atoms with Gasteiger partial charge in [-0.1, -0.05) is 91.5 Å². The van der Waals surface area contributed by atoms with Gasteiger partial charge in [0.05, 0.1) is 18.2 Å². The molecule has 1 saturated heterocycles. The van der Waals surface area contributed by atoms with Gasteiger partial charge in [0.25, 0.3) is 5.78 Å². The van der Waals surface area contributed by atoms with E-state index in [1.54, 1.807) is 24.3 Å². The number of hydrogen-bond acceptors (Lipinski definition) is 10. The fourth-order valence-corrected chi connectivity index (χ4v) is 7.67. The lowest BCUT2D eigenvalue weighted by Gasteiger charge is -2.23. The number of ether oxygens (including phenoxy) is 3. The number of Topliss-reactive ketones (excluding diaryl/α,β-unsaturated/α-hetero) is 1. The van der Waals surface area contributed by atoms with Crippen LogP contribution < -0.4 is 19.1 Å². The van der Waals surface area contributed by atoms with Crippen LogP contribution in [-0.4, -0.2) is 46.8 Å². The van der Waals surface area contributed by atoms with Crippen LogP contribution >= 0.6 is 23.1 Å². The van der Waals surface area contributed by atoms with Crippen LogP contribution in [0, 0.1) is 5.92 Å². The first kappa shape index (κ1) is 31.7. The summed E-state index contributed by atoms with van der Waals surface area (Å²) in [6.45, 7) is 5.56. The number of anilines is 1. The summed E-state index contributed by atoms with van der Waals surface area (Å²) in [4.78, 5) is 29.0. The molecule has 1 N–H and O–H groups in total. The summed E-state index contributed by atoms with van der Waals surface area (Å²) in [5.41, 5.74) is 2.02. The zero-order valence-corrected chi connectivity index (χ0v) is 28.1. The van der Waals surface area contributed by atoms with Crippen molar-refractivity contribution in [3.05, 3.63) is 107 Å². The van der Waals surface area contributed by atoms with Gasteiger partial charge in [-0.25, -0.2) is 0 Å². The minimum Gasteiger partial charge on any atom is -0.507 e. The third kappa shape index (κ3) is 6.35. The van der Waals surface area contributed by atoms with E-state index in [0.717, 1.165) is 22.8 Å². The van der Waals surface area contributed by atoms with Crippen LogP contribution in [0.1, 0.15) is 43.0 Å². The quantitative estimate of drug-likeness (QED) is 0.0520. The SMILES string of the molecule is CC(C)CCOc1cccc([C@@H]2/C(=C(\O)c3ccc4c(c3)OCCO4)C(=O)C(=O)N2c2nnc(SCc3cccc4ccccc34)s2)c1. The smallest absolute Gasteiger partial charge is 0.301 e. The van der Waals surface area contributed by atoms with Crippen molar-refractivity contribution in [3.8, 4) is 17.2 Å². The molecule has 48 heavy (non-hydrogen) atoms. The van der Waals surface area contributed by atoms with E-state index in [4.69, 9.17) is 14.2 Å². The highest BCUT2D eigenvalue weighted by atomic mass is 32.2. The van der Waals surface area contributed by atoms with Crippen molar-refractivity contribution >= 4 is 56.5 Å². The second-order valence-corrected chi connectivity index (χ2v) is 14.1. The van der Waals surface area contributed by atoms with Gasteiger partial charge in [0.2, 0.25) is 5.13 Å². The molecule has 0 aliphatic carbocycles. The number of aromatic nitrogens is 2. The molecule has 1 atom stereocenters. The summed E-state index contributed by atoms with van der Waals surface area (Å²) >= 11 is 2.74. The van der Waals surface area contributed by atoms with Gasteiger partial charge in [0.15, 0.2) is 15.8 Å². The minimum atomic E-state index is -0.976. The maximum absolute atomic E-state index is 13.8. The number of aliphatic hydroxyl groups excluding tert-OH is 1. The van der Waals surface area contributed by atoms with Gasteiger partial charge < -0.3 is 19.3 Å². The number of aliphatic hydroxyl groups is 1. The van der Waals surface area contributed by atoms with E-state index < -0.39 is 17.7 Å². The predicted octanol–water partition coefficient (Wildman–Crippen LogP) is 7.81. The first-order chi connectivity index (χ1) is 23.4. The Morgan fingerprint density at radius 3 is 2.62 bits per heavy atom. The first-order valence-corrected chi connectivity index (χ1v) is 17.5. The van der Waals surface area contributed by atoms with Gasteiger partial charge >= 0.3 is 5.91 Å². The Kier molecular flexibility index (Phi) is 9.05. The molecule has 4 aromatic carbocycles. The molecule has 7 rings (SSSR count). The third-order valence-corrected chi connectivity index (χ3v) is 10.3. The molecule has 0 bridgehead atoms. The van der Waals surface area contributed by atoms with E-state index in [9.17, 15) is 14.7 Å². The van der Waals surface area contributed by atoms with Crippen LogP contribution in [0.25, 0.3) is 16.5 Å². The van der Waals surface area contributed by atoms with Gasteiger partial charge in [-0.3, -0.25) is 14.5 Å². The van der Waals surface area contributed by atoms with Crippen LogP contribution in [0.3, 0.4) is 0 Å². The Labute approximate surface area is 286 Å². The fraction of sp³-hybridized carbons (Fsp3) is 0.243. The number of carbonyl (C=O) groups excluding carboxylic acids is 2. The molecule has 3 heterocycles. The molecule has 5 aromatic rings. The van der Waals surface area contributed by atoms with Crippen molar-refractivity contribution in [1.82, 2.24) is 10.2 Å². The van der Waals surface area contributed by atoms with Gasteiger partial charge in [-0.2, -0.15) is 0 Å². The summed E-state index contributed by atoms with van der Waals surface area (Å²) in [7, 11) is 0. The van der Waals surface area contributed by atoms with E-state index in [1.807, 2.05) is 36.4 Å². The zero-order chi connectivity index (χ0) is 33.2. The second-order valence-electron chi connectivity index (χ2n) is 11.9. The molecule has 244 valence electrons. The summed E-state index contributed by atoms with van der Waals surface area (Å²) in [6, 6.07) is 25.7. The van der Waals surface area contributed by atoms with Crippen LogP contribution in [0.2, 0.25) is 0 Å². The number of nitrogens with zero attached hydrogens (tertiary/aromatic N) is 3. The lowest BCUT2D eigenvalue weighted by Crippen LogP contribution is -2.29. The molecule has 0 saturated carbocycles. The second kappa shape index (κ2) is 13.7. The lowest BCUT2D eigenvalue weighted by molar-refractivity contribution is -0.132. The largest absolute Gasteiger partial charge is 0.507 e. The Balaban J connectivity index is 1.25. The molecule has 1 fully saturated rings. The molecule has 2 aliphatic rings. The van der Waals surface area contributed by atoms with Crippen LogP contribution in [0.4, 0.5) is 5.13 Å². The van der Waals surface area contributed by atoms with E-state index in [-0.39, 0.29) is 16.5 Å². The van der Waals surface area contributed by atoms with Crippen molar-refractivity contribution in [2.24, 2.45) is 5.92 Å². The lowest BCUT2D eigenvalue weighted by atomic mass is 9.95. The number of hydrogen-bond donors (Lipinski definition) is 1. The van der Waals surface area contributed by atoms with Gasteiger partial charge in [0.1, 0.15) is 24.7 Å². The highest BCUT2D eigenvalue weighted by Crippen LogP contribution is 2.45. The minimum absolute atomic E-state index is 0.0591. The molecule has 1 amide bonds. The van der Waals surface area contributed by atoms with Gasteiger partial charge in [-0.15, -0.1) is 10.2 Å². The molecule has 11 heteroatoms. The van der Waals surface area contributed by atoms with Crippen molar-refractivity contribution in [3.63, 3.8) is 0 Å². The number of ketones is 1. The molecule has 0 unspecified atom stereocenters. The average Bonchev–Trinajstić information content (AvgIpc) is 3.68. The van der Waals surface area contributed by atoms with E-state index in [1.165, 1.54) is 28.0 Å². The molecule has 0 radical (unpaired) electrons. The molecule has 2 aliphatic heterocycles. The number of thioether (sulfide) groups is 1. The Hall–Kier alpha value is -4.87. The molecular formula is C37H33N3O6S2. The number of carbonyl (C=O) groups is 2. The topological polar surface area (TPSA) is 111 Å². The predicted molar refractivity (Wildman–Crippen MR) is 187 cm³/mol. The summed E-state index contributed by atoms with van der Waals surface area (Å²) in [6.07, 6.45) is 0.872. The monoisotopic (exact) mass is 679 g/mol. The highest BCUT2D eigenvalue weighted by molar-refractivity contribution is 8.00. The maximum Gasteiger partial charge on any atom is 0.301 e. The average molecular weight is 680 g/mol. The van der Waals surface area contributed by atoms with E-state index in [0.29, 0.717) is 64.2 Å². The molecule has 9 nitrogen and oxygen atoms in total. The summed E-state index contributed by atoms with van der Waals surface area (Å²) in [5.74, 6) is 0.776. The van der Waals surface area contributed by atoms with Crippen molar-refractivity contribution in [2.45, 2.75) is 36.4 Å². The molecule has 0 spiro atoms. The highest BCUT2D eigenvalue weighted by Gasteiger charge is 2.48. The normalized spacial score (nSPS) is 17.0. The number of benzene rings is 4. The first-order valence-electron chi connectivity index (χ1n) is 15.7. The molecular weight excluding hydrogens is 647 g/mol. The van der Waals surface area contributed by atoms with Gasteiger partial charge in [0, 0.05) is 11.3 Å². The van der Waals surface area contributed by atoms with Crippen molar-refractivity contribution in [2.75, 3.05) is 24.7 Å². The van der Waals surface area contributed by atoms with Crippen molar-refractivity contribution < 1.29 is 28.9 Å².